The van der Waals surface area contributed by atoms with Crippen LogP contribution >= 0.6 is 0 Å². The standard InChI is InChI=1S/C13H18FNO/c1-10-5-6-12(14)13(8-10)16-9-11-4-3-7-15(11)2/h5-6,8,11H,3-4,7,9H2,1-2H3/t11-/m0/s1. The van der Waals surface area contributed by atoms with Crippen LogP contribution in [0.3, 0.4) is 0 Å². The second-order valence-electron chi connectivity index (χ2n) is 4.52. The highest BCUT2D eigenvalue weighted by Crippen LogP contribution is 2.21. The molecule has 0 aliphatic carbocycles. The first-order valence-electron chi connectivity index (χ1n) is 5.76. The van der Waals surface area contributed by atoms with Gasteiger partial charge in [0.1, 0.15) is 6.61 Å². The molecule has 1 atom stereocenters. The van der Waals surface area contributed by atoms with Crippen LogP contribution in [0.15, 0.2) is 18.2 Å². The largest absolute Gasteiger partial charge is 0.489 e. The third kappa shape index (κ3) is 2.53. The van der Waals surface area contributed by atoms with E-state index >= 15 is 0 Å². The molecule has 0 aromatic heterocycles. The molecule has 1 aromatic rings. The molecule has 1 saturated heterocycles. The fourth-order valence-electron chi connectivity index (χ4n) is 2.10. The first kappa shape index (κ1) is 11.4. The Bertz CT molecular complexity index is 367. The molecular formula is C13H18FNO. The first-order valence-corrected chi connectivity index (χ1v) is 5.76. The molecule has 88 valence electrons. The molecule has 16 heavy (non-hydrogen) atoms. The number of aryl methyl sites for hydroxylation is 1. The van der Waals surface area contributed by atoms with Gasteiger partial charge >= 0.3 is 0 Å². The zero-order valence-electron chi connectivity index (χ0n) is 9.87. The van der Waals surface area contributed by atoms with Gasteiger partial charge in [-0.25, -0.2) is 4.39 Å². The Balaban J connectivity index is 1.96. The lowest BCUT2D eigenvalue weighted by atomic mass is 10.2. The molecule has 0 spiro atoms. The molecule has 2 nitrogen and oxygen atoms in total. The Morgan fingerprint density at radius 2 is 2.31 bits per heavy atom. The van der Waals surface area contributed by atoms with E-state index in [4.69, 9.17) is 4.74 Å². The summed E-state index contributed by atoms with van der Waals surface area (Å²) in [5, 5.41) is 0. The molecule has 3 heteroatoms. The van der Waals surface area contributed by atoms with Gasteiger partial charge < -0.3 is 9.64 Å². The number of hydrogen-bond acceptors (Lipinski definition) is 2. The van der Waals surface area contributed by atoms with Crippen LogP contribution in [0.5, 0.6) is 5.75 Å². The van der Waals surface area contributed by atoms with E-state index in [0.29, 0.717) is 18.4 Å². The number of likely N-dealkylation sites (N-methyl/N-ethyl adjacent to an activating group) is 1. The van der Waals surface area contributed by atoms with Gasteiger partial charge in [0.2, 0.25) is 0 Å². The van der Waals surface area contributed by atoms with Crippen LogP contribution in [0.2, 0.25) is 0 Å². The quantitative estimate of drug-likeness (QED) is 0.781. The van der Waals surface area contributed by atoms with Crippen molar-refractivity contribution in [3.8, 4) is 5.75 Å². The van der Waals surface area contributed by atoms with Crippen molar-refractivity contribution in [3.63, 3.8) is 0 Å². The zero-order chi connectivity index (χ0) is 11.5. The molecule has 1 aliphatic heterocycles. The number of benzene rings is 1. The van der Waals surface area contributed by atoms with Gasteiger partial charge in [-0.05, 0) is 51.1 Å². The lowest BCUT2D eigenvalue weighted by molar-refractivity contribution is 0.193. The molecule has 0 radical (unpaired) electrons. The molecule has 1 aliphatic rings. The van der Waals surface area contributed by atoms with Gasteiger partial charge in [-0.2, -0.15) is 0 Å². The summed E-state index contributed by atoms with van der Waals surface area (Å²) in [5.41, 5.74) is 1.02. The average molecular weight is 223 g/mol. The molecular weight excluding hydrogens is 205 g/mol. The Labute approximate surface area is 96.0 Å². The molecule has 0 N–H and O–H groups in total. The van der Waals surface area contributed by atoms with Crippen LogP contribution in [-0.4, -0.2) is 31.1 Å². The number of halogens is 1. The average Bonchev–Trinajstić information content (AvgIpc) is 2.66. The first-order chi connectivity index (χ1) is 7.66. The van der Waals surface area contributed by atoms with Crippen molar-refractivity contribution in [1.29, 1.82) is 0 Å². The summed E-state index contributed by atoms with van der Waals surface area (Å²) in [5.74, 6) is 0.103. The third-order valence-electron chi connectivity index (χ3n) is 3.19. The van der Waals surface area contributed by atoms with Crippen LogP contribution in [0, 0.1) is 12.7 Å². The van der Waals surface area contributed by atoms with Crippen LogP contribution in [0.4, 0.5) is 4.39 Å². The fourth-order valence-corrected chi connectivity index (χ4v) is 2.10. The Morgan fingerprint density at radius 1 is 1.50 bits per heavy atom. The van der Waals surface area contributed by atoms with E-state index < -0.39 is 0 Å². The SMILES string of the molecule is Cc1ccc(F)c(OC[C@@H]2CCCN2C)c1. The van der Waals surface area contributed by atoms with E-state index in [9.17, 15) is 4.39 Å². The van der Waals surface area contributed by atoms with E-state index in [1.165, 1.54) is 12.5 Å². The highest BCUT2D eigenvalue weighted by molar-refractivity contribution is 5.29. The van der Waals surface area contributed by atoms with Crippen molar-refractivity contribution in [1.82, 2.24) is 4.90 Å². The summed E-state index contributed by atoms with van der Waals surface area (Å²) in [6, 6.07) is 5.40. The minimum Gasteiger partial charge on any atom is -0.489 e. The zero-order valence-corrected chi connectivity index (χ0v) is 9.87. The molecule has 1 heterocycles. The van der Waals surface area contributed by atoms with E-state index in [-0.39, 0.29) is 5.82 Å². The van der Waals surface area contributed by atoms with E-state index in [2.05, 4.69) is 11.9 Å². The van der Waals surface area contributed by atoms with Crippen LogP contribution in [0.25, 0.3) is 0 Å². The van der Waals surface area contributed by atoms with Crippen molar-refractivity contribution in [2.45, 2.75) is 25.8 Å². The van der Waals surface area contributed by atoms with Gasteiger partial charge in [0.25, 0.3) is 0 Å². The monoisotopic (exact) mass is 223 g/mol. The van der Waals surface area contributed by atoms with Crippen LogP contribution in [-0.2, 0) is 0 Å². The molecule has 1 aromatic carbocycles. The molecule has 0 saturated carbocycles. The van der Waals surface area contributed by atoms with Crippen molar-refractivity contribution >= 4 is 0 Å². The minimum absolute atomic E-state index is 0.272. The summed E-state index contributed by atoms with van der Waals surface area (Å²) >= 11 is 0. The summed E-state index contributed by atoms with van der Waals surface area (Å²) < 4.78 is 19.0. The van der Waals surface area contributed by atoms with Crippen molar-refractivity contribution in [2.24, 2.45) is 0 Å². The maximum atomic E-state index is 13.4. The highest BCUT2D eigenvalue weighted by Gasteiger charge is 2.21. The minimum atomic E-state index is -0.272. The summed E-state index contributed by atoms with van der Waals surface area (Å²) in [6.07, 6.45) is 2.35. The highest BCUT2D eigenvalue weighted by atomic mass is 19.1. The van der Waals surface area contributed by atoms with Gasteiger partial charge in [-0.15, -0.1) is 0 Å². The Kier molecular flexibility index (Phi) is 3.44. The number of ether oxygens (including phenoxy) is 1. The number of rotatable bonds is 3. The number of nitrogens with zero attached hydrogens (tertiary/aromatic N) is 1. The van der Waals surface area contributed by atoms with Gasteiger partial charge in [0.15, 0.2) is 11.6 Å². The van der Waals surface area contributed by atoms with Crippen molar-refractivity contribution in [3.05, 3.63) is 29.6 Å². The van der Waals surface area contributed by atoms with Crippen molar-refractivity contribution in [2.75, 3.05) is 20.2 Å². The van der Waals surface area contributed by atoms with E-state index in [1.54, 1.807) is 12.1 Å². The van der Waals surface area contributed by atoms with E-state index in [0.717, 1.165) is 18.5 Å². The van der Waals surface area contributed by atoms with Gasteiger partial charge in [-0.3, -0.25) is 0 Å². The maximum absolute atomic E-state index is 13.4. The summed E-state index contributed by atoms with van der Waals surface area (Å²) in [4.78, 5) is 2.27. The Hall–Kier alpha value is -1.09. The predicted octanol–water partition coefficient (Wildman–Crippen LogP) is 2.61. The molecule has 0 bridgehead atoms. The molecule has 0 amide bonds. The lowest BCUT2D eigenvalue weighted by Gasteiger charge is -2.19. The number of likely N-dealkylation sites (tertiary alicyclic amines) is 1. The molecule has 0 unspecified atom stereocenters. The van der Waals surface area contributed by atoms with Crippen LogP contribution < -0.4 is 4.74 Å². The summed E-state index contributed by atoms with van der Waals surface area (Å²) in [7, 11) is 2.09. The van der Waals surface area contributed by atoms with Crippen LogP contribution in [0.1, 0.15) is 18.4 Å². The second kappa shape index (κ2) is 4.83. The number of hydrogen-bond donors (Lipinski definition) is 0. The summed E-state index contributed by atoms with van der Waals surface area (Å²) in [6.45, 7) is 3.63. The maximum Gasteiger partial charge on any atom is 0.165 e. The lowest BCUT2D eigenvalue weighted by Crippen LogP contribution is -2.30. The second-order valence-corrected chi connectivity index (χ2v) is 4.52. The van der Waals surface area contributed by atoms with E-state index in [1.807, 2.05) is 6.92 Å². The predicted molar refractivity (Wildman–Crippen MR) is 62.3 cm³/mol. The van der Waals surface area contributed by atoms with Gasteiger partial charge in [0.05, 0.1) is 0 Å². The molecule has 1 fully saturated rings. The van der Waals surface area contributed by atoms with Gasteiger partial charge in [-0.1, -0.05) is 6.07 Å². The van der Waals surface area contributed by atoms with Gasteiger partial charge in [0, 0.05) is 6.04 Å². The normalized spacial score (nSPS) is 21.3. The van der Waals surface area contributed by atoms with Crippen molar-refractivity contribution < 1.29 is 9.13 Å². The molecule has 2 rings (SSSR count). The topological polar surface area (TPSA) is 12.5 Å². The smallest absolute Gasteiger partial charge is 0.165 e. The third-order valence-corrected chi connectivity index (χ3v) is 3.19. The fraction of sp³-hybridized carbons (Fsp3) is 0.538. The Morgan fingerprint density at radius 3 is 3.00 bits per heavy atom.